The maximum atomic E-state index is 13.9. The first kappa shape index (κ1) is 19.1. The van der Waals surface area contributed by atoms with Crippen molar-refractivity contribution in [2.24, 2.45) is 0 Å². The predicted octanol–water partition coefficient (Wildman–Crippen LogP) is 5.05. The van der Waals surface area contributed by atoms with E-state index in [1.54, 1.807) is 6.07 Å². The maximum absolute atomic E-state index is 13.9. The monoisotopic (exact) mass is 424 g/mol. The van der Waals surface area contributed by atoms with Crippen LogP contribution in [0.5, 0.6) is 0 Å². The van der Waals surface area contributed by atoms with Crippen molar-refractivity contribution in [3.8, 4) is 0 Å². The second-order valence-electron chi connectivity index (χ2n) is 8.37. The molecule has 1 aromatic carbocycles. The first-order valence-electron chi connectivity index (χ1n) is 10.2. The fourth-order valence-corrected chi connectivity index (χ4v) is 5.32. The van der Waals surface area contributed by atoms with Crippen molar-refractivity contribution in [1.29, 1.82) is 0 Å². The van der Waals surface area contributed by atoms with E-state index in [1.807, 2.05) is 0 Å². The van der Waals surface area contributed by atoms with E-state index in [-0.39, 0.29) is 19.0 Å². The zero-order chi connectivity index (χ0) is 20.2. The molecule has 0 bridgehead atoms. The molecule has 2 aromatic rings. The largest absolute Gasteiger partial charge is 0.439 e. The summed E-state index contributed by atoms with van der Waals surface area (Å²) in [4.78, 5) is 16.8. The van der Waals surface area contributed by atoms with Crippen molar-refractivity contribution >= 4 is 34.4 Å². The molecule has 6 nitrogen and oxygen atoms in total. The van der Waals surface area contributed by atoms with Crippen molar-refractivity contribution < 1.29 is 18.0 Å². The molecule has 3 aliphatic rings. The fourth-order valence-electron chi connectivity index (χ4n) is 5.08. The van der Waals surface area contributed by atoms with Crippen LogP contribution in [0.15, 0.2) is 10.5 Å². The molecule has 1 atom stereocenters. The maximum Gasteiger partial charge on any atom is 0.319 e. The summed E-state index contributed by atoms with van der Waals surface area (Å²) in [6.07, 6.45) is 5.56. The van der Waals surface area contributed by atoms with Crippen molar-refractivity contribution in [3.05, 3.63) is 22.5 Å². The molecular weight excluding hydrogens is 402 g/mol. The normalized spacial score (nSPS) is 25.1. The number of anilines is 1. The van der Waals surface area contributed by atoms with Crippen molar-refractivity contribution in [1.82, 2.24) is 15.6 Å². The molecule has 3 N–H and O–H groups in total. The van der Waals surface area contributed by atoms with E-state index in [0.29, 0.717) is 40.5 Å². The summed E-state index contributed by atoms with van der Waals surface area (Å²) in [7, 11) is 0. The summed E-state index contributed by atoms with van der Waals surface area (Å²) < 4.78 is 33.8. The Hall–Kier alpha value is -1.93. The molecule has 1 spiro atoms. The number of fused-ring (bicyclic) bond motifs is 4. The van der Waals surface area contributed by atoms with Crippen LogP contribution in [0.25, 0.3) is 11.1 Å². The SMILES string of the molecule is O=C1Nc2c(Cl)cc3nc(CNC4CCCC4(F)F)oc3c2C2(CCCCC2)N1. The summed E-state index contributed by atoms with van der Waals surface area (Å²) in [6, 6.07) is 0.529. The number of amides is 2. The molecule has 2 fully saturated rings. The van der Waals surface area contributed by atoms with Gasteiger partial charge in [0.2, 0.25) is 5.89 Å². The van der Waals surface area contributed by atoms with Crippen molar-refractivity contribution in [2.75, 3.05) is 5.32 Å². The van der Waals surface area contributed by atoms with Crippen LogP contribution >= 0.6 is 11.6 Å². The lowest BCUT2D eigenvalue weighted by Crippen LogP contribution is -2.52. The molecule has 1 aliphatic heterocycles. The number of halogens is 3. The number of rotatable bonds is 3. The van der Waals surface area contributed by atoms with Gasteiger partial charge in [-0.1, -0.05) is 30.9 Å². The smallest absolute Gasteiger partial charge is 0.319 e. The third-order valence-electron chi connectivity index (χ3n) is 6.47. The number of alkyl halides is 2. The molecule has 2 amide bonds. The number of nitrogens with one attached hydrogen (secondary N) is 3. The van der Waals surface area contributed by atoms with E-state index in [4.69, 9.17) is 16.0 Å². The molecule has 29 heavy (non-hydrogen) atoms. The minimum atomic E-state index is -2.70. The Balaban J connectivity index is 1.53. The van der Waals surface area contributed by atoms with Crippen molar-refractivity contribution in [3.63, 3.8) is 0 Å². The Morgan fingerprint density at radius 1 is 1.24 bits per heavy atom. The van der Waals surface area contributed by atoms with Crippen LogP contribution in [-0.4, -0.2) is 23.0 Å². The quantitative estimate of drug-likeness (QED) is 0.644. The Morgan fingerprint density at radius 2 is 2.03 bits per heavy atom. The number of hydrogen-bond acceptors (Lipinski definition) is 4. The number of benzene rings is 1. The van der Waals surface area contributed by atoms with Gasteiger partial charge in [-0.3, -0.25) is 0 Å². The number of nitrogens with zero attached hydrogens (tertiary/aromatic N) is 1. The highest BCUT2D eigenvalue weighted by Gasteiger charge is 2.45. The van der Waals surface area contributed by atoms with Crippen LogP contribution < -0.4 is 16.0 Å². The Bertz CT molecular complexity index is 971. The molecule has 156 valence electrons. The minimum absolute atomic E-state index is 0.0881. The van der Waals surface area contributed by atoms with Gasteiger partial charge in [0, 0.05) is 12.0 Å². The van der Waals surface area contributed by atoms with Gasteiger partial charge >= 0.3 is 6.03 Å². The summed E-state index contributed by atoms with van der Waals surface area (Å²) in [5.41, 5.74) is 1.98. The van der Waals surface area contributed by atoms with Gasteiger partial charge < -0.3 is 20.4 Å². The number of carbonyl (C=O) groups is 1. The Kier molecular flexibility index (Phi) is 4.47. The topological polar surface area (TPSA) is 79.2 Å². The number of aromatic nitrogens is 1. The number of urea groups is 1. The first-order valence-corrected chi connectivity index (χ1v) is 10.6. The molecule has 1 unspecified atom stereocenters. The molecule has 5 rings (SSSR count). The lowest BCUT2D eigenvalue weighted by atomic mass is 9.74. The molecule has 9 heteroatoms. The van der Waals surface area contributed by atoms with Gasteiger partial charge in [-0.05, 0) is 31.7 Å². The molecule has 2 heterocycles. The molecule has 2 aliphatic carbocycles. The lowest BCUT2D eigenvalue weighted by molar-refractivity contribution is -0.0187. The second-order valence-corrected chi connectivity index (χ2v) is 8.78. The van der Waals surface area contributed by atoms with Gasteiger partial charge in [0.05, 0.1) is 28.8 Å². The lowest BCUT2D eigenvalue weighted by Gasteiger charge is -2.42. The Morgan fingerprint density at radius 3 is 2.76 bits per heavy atom. The average molecular weight is 425 g/mol. The van der Waals surface area contributed by atoms with Gasteiger partial charge in [0.1, 0.15) is 5.52 Å². The molecular formula is C20H23ClF2N4O2. The standard InChI is InChI=1S/C20H23ClF2N4O2/c21-11-9-12-17(29-14(25-12)10-24-13-5-4-8-20(13,22)23)15-16(11)26-18(28)27-19(15)6-2-1-3-7-19/h9,13,24H,1-8,10H2,(H2,26,27,28). The minimum Gasteiger partial charge on any atom is -0.439 e. The summed E-state index contributed by atoms with van der Waals surface area (Å²) in [5.74, 6) is -2.36. The summed E-state index contributed by atoms with van der Waals surface area (Å²) >= 11 is 6.48. The van der Waals surface area contributed by atoms with Crippen LogP contribution in [0.3, 0.4) is 0 Å². The van der Waals surface area contributed by atoms with Gasteiger partial charge in [0.15, 0.2) is 5.58 Å². The number of carbonyl (C=O) groups excluding carboxylic acids is 1. The third kappa shape index (κ3) is 3.17. The van der Waals surface area contributed by atoms with Crippen LogP contribution in [0, 0.1) is 0 Å². The van der Waals surface area contributed by atoms with Gasteiger partial charge in [-0.2, -0.15) is 0 Å². The molecule has 1 aromatic heterocycles. The predicted molar refractivity (Wildman–Crippen MR) is 105 cm³/mol. The van der Waals surface area contributed by atoms with Crippen LogP contribution in [-0.2, 0) is 12.1 Å². The second kappa shape index (κ2) is 6.80. The van der Waals surface area contributed by atoms with E-state index in [9.17, 15) is 13.6 Å². The average Bonchev–Trinajstić information content (AvgIpc) is 3.22. The van der Waals surface area contributed by atoms with Crippen molar-refractivity contribution in [2.45, 2.75) is 75.4 Å². The zero-order valence-electron chi connectivity index (χ0n) is 15.9. The van der Waals surface area contributed by atoms with Gasteiger partial charge in [-0.25, -0.2) is 18.6 Å². The van der Waals surface area contributed by atoms with Crippen LogP contribution in [0.1, 0.15) is 62.8 Å². The van der Waals surface area contributed by atoms with E-state index < -0.39 is 17.5 Å². The van der Waals surface area contributed by atoms with E-state index in [0.717, 1.165) is 37.7 Å². The highest BCUT2D eigenvalue weighted by molar-refractivity contribution is 6.35. The highest BCUT2D eigenvalue weighted by Crippen LogP contribution is 2.48. The summed E-state index contributed by atoms with van der Waals surface area (Å²) in [6.45, 7) is 0.119. The summed E-state index contributed by atoms with van der Waals surface area (Å²) in [5, 5.41) is 9.20. The highest BCUT2D eigenvalue weighted by atomic mass is 35.5. The van der Waals surface area contributed by atoms with Gasteiger partial charge in [0.25, 0.3) is 5.92 Å². The zero-order valence-corrected chi connectivity index (χ0v) is 16.7. The van der Waals surface area contributed by atoms with E-state index >= 15 is 0 Å². The molecule has 2 saturated carbocycles. The Labute approximate surface area is 171 Å². The first-order chi connectivity index (χ1) is 13.9. The third-order valence-corrected chi connectivity index (χ3v) is 6.76. The van der Waals surface area contributed by atoms with E-state index in [1.165, 1.54) is 0 Å². The fraction of sp³-hybridized carbons (Fsp3) is 0.600. The number of hydrogen-bond donors (Lipinski definition) is 3. The van der Waals surface area contributed by atoms with Crippen LogP contribution in [0.4, 0.5) is 19.3 Å². The molecule has 0 saturated heterocycles. The van der Waals surface area contributed by atoms with E-state index in [2.05, 4.69) is 20.9 Å². The molecule has 0 radical (unpaired) electrons. The van der Waals surface area contributed by atoms with Gasteiger partial charge in [-0.15, -0.1) is 0 Å². The van der Waals surface area contributed by atoms with Crippen LogP contribution in [0.2, 0.25) is 5.02 Å². The number of oxazole rings is 1.